The molecular weight excluding hydrogens is 233 g/mol. The summed E-state index contributed by atoms with van der Waals surface area (Å²) in [6.07, 6.45) is -3.73. The molecule has 2 atom stereocenters. The molecule has 17 heavy (non-hydrogen) atoms. The summed E-state index contributed by atoms with van der Waals surface area (Å²) in [5, 5.41) is 0. The first kappa shape index (κ1) is 14.3. The van der Waals surface area contributed by atoms with Gasteiger partial charge in [0.25, 0.3) is 0 Å². The van der Waals surface area contributed by atoms with E-state index in [0.29, 0.717) is 13.0 Å². The van der Waals surface area contributed by atoms with Crippen LogP contribution < -0.4 is 5.73 Å². The molecule has 0 aromatic heterocycles. The normalized spacial score (nSPS) is 23.9. The van der Waals surface area contributed by atoms with Crippen molar-refractivity contribution in [3.8, 4) is 0 Å². The zero-order valence-corrected chi connectivity index (χ0v) is 10.1. The molecule has 0 radical (unpaired) electrons. The van der Waals surface area contributed by atoms with Crippen molar-refractivity contribution in [1.82, 2.24) is 4.90 Å². The number of amides is 1. The van der Waals surface area contributed by atoms with Gasteiger partial charge < -0.3 is 10.6 Å². The fraction of sp³-hybridized carbons (Fsp3) is 0.909. The molecule has 0 aromatic rings. The molecular formula is C11H19F3N2O. The maximum Gasteiger partial charge on any atom is 0.393 e. The van der Waals surface area contributed by atoms with Gasteiger partial charge in [-0.15, -0.1) is 0 Å². The molecule has 0 saturated carbocycles. The number of halogens is 3. The predicted molar refractivity (Wildman–Crippen MR) is 58.2 cm³/mol. The van der Waals surface area contributed by atoms with Crippen molar-refractivity contribution in [3.63, 3.8) is 0 Å². The smallest absolute Gasteiger partial charge is 0.341 e. The Hall–Kier alpha value is -0.780. The highest BCUT2D eigenvalue weighted by atomic mass is 19.4. The van der Waals surface area contributed by atoms with Crippen molar-refractivity contribution in [2.45, 2.75) is 38.9 Å². The summed E-state index contributed by atoms with van der Waals surface area (Å²) in [4.78, 5) is 13.1. The lowest BCUT2D eigenvalue weighted by Crippen LogP contribution is -2.51. The van der Waals surface area contributed by atoms with Crippen LogP contribution in [0.5, 0.6) is 0 Å². The topological polar surface area (TPSA) is 46.3 Å². The van der Waals surface area contributed by atoms with Gasteiger partial charge in [-0.2, -0.15) is 13.2 Å². The number of carbonyl (C=O) groups excluding carboxylic acids is 1. The minimum Gasteiger partial charge on any atom is -0.341 e. The van der Waals surface area contributed by atoms with E-state index in [9.17, 15) is 18.0 Å². The summed E-state index contributed by atoms with van der Waals surface area (Å²) < 4.78 is 37.7. The molecule has 0 aliphatic carbocycles. The highest BCUT2D eigenvalue weighted by molar-refractivity contribution is 5.82. The number of hydrogen-bond donors (Lipinski definition) is 1. The molecule has 6 heteroatoms. The Labute approximate surface area is 99.1 Å². The Morgan fingerprint density at radius 3 is 2.47 bits per heavy atom. The van der Waals surface area contributed by atoms with E-state index in [1.807, 2.05) is 0 Å². The fourth-order valence-electron chi connectivity index (χ4n) is 1.94. The molecule has 1 heterocycles. The molecule has 0 spiro atoms. The molecule has 1 rings (SSSR count). The average molecular weight is 252 g/mol. The minimum atomic E-state index is -4.22. The van der Waals surface area contributed by atoms with Crippen LogP contribution in [0.3, 0.4) is 0 Å². The Balaban J connectivity index is 2.64. The van der Waals surface area contributed by atoms with Crippen LogP contribution in [0.1, 0.15) is 26.7 Å². The summed E-state index contributed by atoms with van der Waals surface area (Å²) in [5.74, 6) is -1.83. The summed E-state index contributed by atoms with van der Waals surface area (Å²) in [7, 11) is 0. The van der Waals surface area contributed by atoms with Gasteiger partial charge >= 0.3 is 6.18 Å². The highest BCUT2D eigenvalue weighted by Gasteiger charge is 2.43. The van der Waals surface area contributed by atoms with Crippen LogP contribution in [-0.2, 0) is 4.79 Å². The molecule has 0 aromatic carbocycles. The summed E-state index contributed by atoms with van der Waals surface area (Å²) >= 11 is 0. The van der Waals surface area contributed by atoms with Crippen molar-refractivity contribution in [2.75, 3.05) is 13.1 Å². The van der Waals surface area contributed by atoms with Crippen LogP contribution in [0.4, 0.5) is 13.2 Å². The number of hydrogen-bond acceptors (Lipinski definition) is 2. The SMILES string of the molecule is CC(C)[C@@H](N)C(=O)N1CCCC(C(F)(F)F)C1. The van der Waals surface area contributed by atoms with Crippen molar-refractivity contribution < 1.29 is 18.0 Å². The lowest BCUT2D eigenvalue weighted by atomic mass is 9.95. The van der Waals surface area contributed by atoms with Gasteiger partial charge in [0, 0.05) is 13.1 Å². The maximum absolute atomic E-state index is 12.6. The van der Waals surface area contributed by atoms with Crippen molar-refractivity contribution in [1.29, 1.82) is 0 Å². The number of carbonyl (C=O) groups is 1. The Morgan fingerprint density at radius 1 is 1.41 bits per heavy atom. The molecule has 100 valence electrons. The van der Waals surface area contributed by atoms with Crippen LogP contribution in [0.2, 0.25) is 0 Å². The molecule has 2 N–H and O–H groups in total. The number of piperidine rings is 1. The number of nitrogens with zero attached hydrogens (tertiary/aromatic N) is 1. The third-order valence-electron chi connectivity index (χ3n) is 3.20. The van der Waals surface area contributed by atoms with E-state index in [2.05, 4.69) is 0 Å². The second-order valence-corrected chi connectivity index (χ2v) is 4.93. The summed E-state index contributed by atoms with van der Waals surface area (Å²) in [6.45, 7) is 3.70. The number of alkyl halides is 3. The number of nitrogens with two attached hydrogens (primary N) is 1. The fourth-order valence-corrected chi connectivity index (χ4v) is 1.94. The predicted octanol–water partition coefficient (Wildman–Crippen LogP) is 1.77. The summed E-state index contributed by atoms with van der Waals surface area (Å²) in [6, 6.07) is -0.706. The first-order valence-electron chi connectivity index (χ1n) is 5.84. The van der Waals surface area contributed by atoms with E-state index in [4.69, 9.17) is 5.73 Å². The Bertz CT molecular complexity index is 278. The van der Waals surface area contributed by atoms with E-state index >= 15 is 0 Å². The van der Waals surface area contributed by atoms with Crippen molar-refractivity contribution >= 4 is 5.91 Å². The molecule has 0 bridgehead atoms. The van der Waals surface area contributed by atoms with Gasteiger partial charge in [0.1, 0.15) is 0 Å². The third-order valence-corrected chi connectivity index (χ3v) is 3.20. The molecule has 1 aliphatic heterocycles. The Kier molecular flexibility index (Phi) is 4.41. The van der Waals surface area contributed by atoms with Crippen LogP contribution >= 0.6 is 0 Å². The molecule has 1 fully saturated rings. The molecule has 1 saturated heterocycles. The standard InChI is InChI=1S/C11H19F3N2O/c1-7(2)9(15)10(17)16-5-3-4-8(6-16)11(12,13)14/h7-9H,3-6,15H2,1-2H3/t8?,9-/m1/s1. The van der Waals surface area contributed by atoms with E-state index in [1.165, 1.54) is 4.90 Å². The highest BCUT2D eigenvalue weighted by Crippen LogP contribution is 2.33. The van der Waals surface area contributed by atoms with Gasteiger partial charge in [0.05, 0.1) is 12.0 Å². The van der Waals surface area contributed by atoms with Gasteiger partial charge in [-0.05, 0) is 18.8 Å². The van der Waals surface area contributed by atoms with Gasteiger partial charge in [0.15, 0.2) is 0 Å². The largest absolute Gasteiger partial charge is 0.393 e. The van der Waals surface area contributed by atoms with Crippen LogP contribution in [0.15, 0.2) is 0 Å². The quantitative estimate of drug-likeness (QED) is 0.814. The maximum atomic E-state index is 12.6. The van der Waals surface area contributed by atoms with Crippen LogP contribution in [0, 0.1) is 11.8 Å². The van der Waals surface area contributed by atoms with E-state index in [0.717, 1.165) is 0 Å². The van der Waals surface area contributed by atoms with E-state index < -0.39 is 18.1 Å². The second kappa shape index (κ2) is 5.25. The van der Waals surface area contributed by atoms with Crippen molar-refractivity contribution in [2.24, 2.45) is 17.6 Å². The lowest BCUT2D eigenvalue weighted by molar-refractivity contribution is -0.188. The lowest BCUT2D eigenvalue weighted by Gasteiger charge is -2.35. The average Bonchev–Trinajstić information content (AvgIpc) is 2.26. The van der Waals surface area contributed by atoms with Gasteiger partial charge in [-0.1, -0.05) is 13.8 Å². The van der Waals surface area contributed by atoms with Gasteiger partial charge in [-0.25, -0.2) is 0 Å². The molecule has 1 aliphatic rings. The van der Waals surface area contributed by atoms with Crippen molar-refractivity contribution in [3.05, 3.63) is 0 Å². The molecule has 1 unspecified atom stereocenters. The van der Waals surface area contributed by atoms with Crippen LogP contribution in [-0.4, -0.2) is 36.1 Å². The second-order valence-electron chi connectivity index (χ2n) is 4.93. The van der Waals surface area contributed by atoms with Gasteiger partial charge in [-0.3, -0.25) is 4.79 Å². The molecule has 1 amide bonds. The monoisotopic (exact) mass is 252 g/mol. The zero-order chi connectivity index (χ0) is 13.2. The number of likely N-dealkylation sites (tertiary alicyclic amines) is 1. The summed E-state index contributed by atoms with van der Waals surface area (Å²) in [5.41, 5.74) is 5.67. The molecule has 3 nitrogen and oxygen atoms in total. The van der Waals surface area contributed by atoms with E-state index in [1.54, 1.807) is 13.8 Å². The first-order chi connectivity index (χ1) is 7.73. The van der Waals surface area contributed by atoms with E-state index in [-0.39, 0.29) is 24.8 Å². The van der Waals surface area contributed by atoms with Crippen LogP contribution in [0.25, 0.3) is 0 Å². The first-order valence-corrected chi connectivity index (χ1v) is 5.84. The van der Waals surface area contributed by atoms with Gasteiger partial charge in [0.2, 0.25) is 5.91 Å². The minimum absolute atomic E-state index is 0.0613. The third kappa shape index (κ3) is 3.59. The number of rotatable bonds is 2. The zero-order valence-electron chi connectivity index (χ0n) is 10.1. The Morgan fingerprint density at radius 2 is 2.00 bits per heavy atom.